The number of aromatic nitrogens is 3. The highest BCUT2D eigenvalue weighted by Crippen LogP contribution is 2.13. The van der Waals surface area contributed by atoms with Gasteiger partial charge in [0.15, 0.2) is 0 Å². The number of ether oxygens (including phenoxy) is 1. The average molecular weight is 252 g/mol. The summed E-state index contributed by atoms with van der Waals surface area (Å²) >= 11 is 5.86. The third-order valence-electron chi connectivity index (χ3n) is 2.47. The van der Waals surface area contributed by atoms with Crippen molar-refractivity contribution in [3.05, 3.63) is 47.5 Å². The van der Waals surface area contributed by atoms with E-state index in [1.165, 1.54) is 0 Å². The second-order valence-corrected chi connectivity index (χ2v) is 4.20. The highest BCUT2D eigenvalue weighted by molar-refractivity contribution is 6.28. The number of nitrogens with zero attached hydrogens (tertiary/aromatic N) is 3. The second-order valence-electron chi connectivity index (χ2n) is 3.86. The van der Waals surface area contributed by atoms with E-state index in [0.717, 1.165) is 5.56 Å². The maximum atomic E-state index is 5.86. The topological polar surface area (TPSA) is 39.9 Å². The molecule has 1 atom stereocenters. The van der Waals surface area contributed by atoms with Gasteiger partial charge in [-0.2, -0.15) is 0 Å². The van der Waals surface area contributed by atoms with Gasteiger partial charge in [0.25, 0.3) is 0 Å². The van der Waals surface area contributed by atoms with Crippen molar-refractivity contribution in [1.29, 1.82) is 0 Å². The van der Waals surface area contributed by atoms with Gasteiger partial charge in [0, 0.05) is 0 Å². The van der Waals surface area contributed by atoms with Crippen LogP contribution < -0.4 is 0 Å². The van der Waals surface area contributed by atoms with E-state index in [9.17, 15) is 0 Å². The molecule has 0 spiro atoms. The Bertz CT molecular complexity index is 458. The Kier molecular flexibility index (Phi) is 4.12. The third kappa shape index (κ3) is 3.28. The molecular formula is C12H14ClN3O. The van der Waals surface area contributed by atoms with Crippen molar-refractivity contribution in [1.82, 2.24) is 14.8 Å². The lowest BCUT2D eigenvalue weighted by Gasteiger charge is -2.13. The lowest BCUT2D eigenvalue weighted by molar-refractivity contribution is 0.0947. The maximum absolute atomic E-state index is 5.86. The van der Waals surface area contributed by atoms with Gasteiger partial charge in [0.2, 0.25) is 5.28 Å². The third-order valence-corrected chi connectivity index (χ3v) is 2.75. The van der Waals surface area contributed by atoms with Crippen molar-refractivity contribution in [2.75, 3.05) is 6.61 Å². The van der Waals surface area contributed by atoms with E-state index in [1.807, 2.05) is 37.3 Å². The predicted octanol–water partition coefficient (Wildman–Crippen LogP) is 2.71. The van der Waals surface area contributed by atoms with Crippen molar-refractivity contribution < 1.29 is 4.74 Å². The Morgan fingerprint density at radius 3 is 2.76 bits per heavy atom. The fourth-order valence-corrected chi connectivity index (χ4v) is 1.78. The summed E-state index contributed by atoms with van der Waals surface area (Å²) in [6, 6.07) is 10.2. The summed E-state index contributed by atoms with van der Waals surface area (Å²) in [5.74, 6) is 0. The number of halogens is 1. The Labute approximate surface area is 105 Å². The van der Waals surface area contributed by atoms with Gasteiger partial charge in [0.1, 0.15) is 6.33 Å². The molecule has 1 aromatic carbocycles. The molecule has 1 heterocycles. The largest absolute Gasteiger partial charge is 0.375 e. The summed E-state index contributed by atoms with van der Waals surface area (Å²) in [5.41, 5.74) is 1.16. The first-order chi connectivity index (χ1) is 8.27. The van der Waals surface area contributed by atoms with Gasteiger partial charge in [-0.05, 0) is 24.1 Å². The Hall–Kier alpha value is -1.39. The number of hydrogen-bond acceptors (Lipinski definition) is 3. The molecule has 17 heavy (non-hydrogen) atoms. The minimum Gasteiger partial charge on any atom is -0.375 e. The van der Waals surface area contributed by atoms with Gasteiger partial charge < -0.3 is 4.74 Å². The van der Waals surface area contributed by atoms with E-state index in [1.54, 1.807) is 10.9 Å². The molecule has 4 nitrogen and oxygen atoms in total. The molecular weight excluding hydrogens is 238 g/mol. The molecule has 2 rings (SSSR count). The normalized spacial score (nSPS) is 12.6. The molecule has 0 radical (unpaired) electrons. The Morgan fingerprint density at radius 2 is 2.12 bits per heavy atom. The van der Waals surface area contributed by atoms with Crippen LogP contribution in [0, 0.1) is 0 Å². The van der Waals surface area contributed by atoms with E-state index in [0.29, 0.717) is 18.5 Å². The summed E-state index contributed by atoms with van der Waals surface area (Å²) < 4.78 is 7.41. The van der Waals surface area contributed by atoms with Crippen molar-refractivity contribution in [2.24, 2.45) is 0 Å². The van der Waals surface area contributed by atoms with Gasteiger partial charge in [-0.3, -0.25) is 4.57 Å². The molecule has 0 aliphatic rings. The van der Waals surface area contributed by atoms with E-state index in [4.69, 9.17) is 16.3 Å². The molecule has 1 aromatic heterocycles. The molecule has 0 bridgehead atoms. The van der Waals surface area contributed by atoms with Crippen LogP contribution in [0.4, 0.5) is 0 Å². The van der Waals surface area contributed by atoms with Crippen LogP contribution in [-0.2, 0) is 11.3 Å². The predicted molar refractivity (Wildman–Crippen MR) is 65.8 cm³/mol. The van der Waals surface area contributed by atoms with Crippen LogP contribution in [0.3, 0.4) is 0 Å². The van der Waals surface area contributed by atoms with Crippen LogP contribution in [0.15, 0.2) is 36.7 Å². The molecule has 1 unspecified atom stereocenters. The summed E-state index contributed by atoms with van der Waals surface area (Å²) in [6.45, 7) is 3.19. The molecule has 0 amide bonds. The minimum absolute atomic E-state index is 0.126. The van der Waals surface area contributed by atoms with E-state index in [-0.39, 0.29) is 6.04 Å². The zero-order valence-corrected chi connectivity index (χ0v) is 10.3. The summed E-state index contributed by atoms with van der Waals surface area (Å²) in [7, 11) is 0. The van der Waals surface area contributed by atoms with Crippen LogP contribution in [0.2, 0.25) is 5.28 Å². The SMILES string of the molecule is CC(COCc1ccccc1)n1cnnc1Cl. The van der Waals surface area contributed by atoms with E-state index >= 15 is 0 Å². The molecule has 0 N–H and O–H groups in total. The lowest BCUT2D eigenvalue weighted by atomic mass is 10.2. The van der Waals surface area contributed by atoms with Crippen molar-refractivity contribution in [2.45, 2.75) is 19.6 Å². The van der Waals surface area contributed by atoms with E-state index in [2.05, 4.69) is 10.2 Å². The summed E-state index contributed by atoms with van der Waals surface area (Å²) in [5, 5.41) is 7.85. The standard InChI is InChI=1S/C12H14ClN3O/c1-10(16-9-14-15-12(16)13)7-17-8-11-5-3-2-4-6-11/h2-6,9-10H,7-8H2,1H3. The zero-order valence-electron chi connectivity index (χ0n) is 9.58. The van der Waals surface area contributed by atoms with Crippen LogP contribution >= 0.6 is 11.6 Å². The molecule has 2 aromatic rings. The second kappa shape index (κ2) is 5.80. The summed E-state index contributed by atoms with van der Waals surface area (Å²) in [6.07, 6.45) is 1.61. The van der Waals surface area contributed by atoms with Gasteiger partial charge >= 0.3 is 0 Å². The van der Waals surface area contributed by atoms with Crippen molar-refractivity contribution in [3.63, 3.8) is 0 Å². The molecule has 0 aliphatic carbocycles. The van der Waals surface area contributed by atoms with Crippen LogP contribution in [0.25, 0.3) is 0 Å². The van der Waals surface area contributed by atoms with Crippen LogP contribution in [-0.4, -0.2) is 21.4 Å². The van der Waals surface area contributed by atoms with Crippen molar-refractivity contribution >= 4 is 11.6 Å². The summed E-state index contributed by atoms with van der Waals surface area (Å²) in [4.78, 5) is 0. The minimum atomic E-state index is 0.126. The quantitative estimate of drug-likeness (QED) is 0.820. The number of hydrogen-bond donors (Lipinski definition) is 0. The van der Waals surface area contributed by atoms with Gasteiger partial charge in [-0.15, -0.1) is 10.2 Å². The molecule has 90 valence electrons. The first kappa shape index (κ1) is 12.1. The molecule has 0 fully saturated rings. The number of rotatable bonds is 5. The average Bonchev–Trinajstić information content (AvgIpc) is 2.77. The van der Waals surface area contributed by atoms with E-state index < -0.39 is 0 Å². The monoisotopic (exact) mass is 251 g/mol. The highest BCUT2D eigenvalue weighted by atomic mass is 35.5. The Morgan fingerprint density at radius 1 is 1.35 bits per heavy atom. The number of benzene rings is 1. The maximum Gasteiger partial charge on any atom is 0.225 e. The first-order valence-corrected chi connectivity index (χ1v) is 5.82. The molecule has 0 saturated heterocycles. The Balaban J connectivity index is 1.81. The smallest absolute Gasteiger partial charge is 0.225 e. The zero-order chi connectivity index (χ0) is 12.1. The van der Waals surface area contributed by atoms with Crippen molar-refractivity contribution in [3.8, 4) is 0 Å². The van der Waals surface area contributed by atoms with Crippen LogP contribution in [0.5, 0.6) is 0 Å². The molecule has 5 heteroatoms. The fraction of sp³-hybridized carbons (Fsp3) is 0.333. The van der Waals surface area contributed by atoms with Gasteiger partial charge in [-0.1, -0.05) is 30.3 Å². The highest BCUT2D eigenvalue weighted by Gasteiger charge is 2.09. The van der Waals surface area contributed by atoms with Gasteiger partial charge in [0.05, 0.1) is 19.3 Å². The fourth-order valence-electron chi connectivity index (χ4n) is 1.53. The van der Waals surface area contributed by atoms with Gasteiger partial charge in [-0.25, -0.2) is 0 Å². The molecule has 0 saturated carbocycles. The molecule has 0 aliphatic heterocycles. The van der Waals surface area contributed by atoms with Crippen LogP contribution in [0.1, 0.15) is 18.5 Å². The first-order valence-electron chi connectivity index (χ1n) is 5.44. The lowest BCUT2D eigenvalue weighted by Crippen LogP contribution is -2.11.